The van der Waals surface area contributed by atoms with E-state index in [-0.39, 0.29) is 24.3 Å². The fourth-order valence-electron chi connectivity index (χ4n) is 2.20. The normalized spacial score (nSPS) is 19.9. The average molecular weight is 300 g/mol. The maximum Gasteiger partial charge on any atom is 0.326 e. The zero-order chi connectivity index (χ0) is 15.8. The van der Waals surface area contributed by atoms with Crippen molar-refractivity contribution in [2.45, 2.75) is 39.2 Å². The molecule has 1 heterocycles. The Balaban J connectivity index is 2.34. The zero-order valence-corrected chi connectivity index (χ0v) is 12.6. The first-order chi connectivity index (χ1) is 9.90. The van der Waals surface area contributed by atoms with Crippen molar-refractivity contribution in [1.82, 2.24) is 10.6 Å². The molecule has 1 unspecified atom stereocenters. The second-order valence-electron chi connectivity index (χ2n) is 5.72. The summed E-state index contributed by atoms with van der Waals surface area (Å²) in [4.78, 5) is 34.6. The first-order valence-corrected chi connectivity index (χ1v) is 7.27. The summed E-state index contributed by atoms with van der Waals surface area (Å²) in [6.45, 7) is 4.59. The van der Waals surface area contributed by atoms with Gasteiger partial charge >= 0.3 is 5.97 Å². The van der Waals surface area contributed by atoms with E-state index in [9.17, 15) is 14.4 Å². The highest BCUT2D eigenvalue weighted by atomic mass is 16.5. The van der Waals surface area contributed by atoms with Gasteiger partial charge in [-0.25, -0.2) is 4.79 Å². The van der Waals surface area contributed by atoms with Crippen molar-refractivity contribution in [2.24, 2.45) is 11.8 Å². The van der Waals surface area contributed by atoms with E-state index in [0.29, 0.717) is 19.6 Å². The first-order valence-electron chi connectivity index (χ1n) is 7.27. The van der Waals surface area contributed by atoms with E-state index < -0.39 is 17.9 Å². The summed E-state index contributed by atoms with van der Waals surface area (Å²) in [5.74, 6) is -1.85. The molecule has 1 fully saturated rings. The molecule has 120 valence electrons. The van der Waals surface area contributed by atoms with Crippen molar-refractivity contribution in [3.8, 4) is 0 Å². The second-order valence-corrected chi connectivity index (χ2v) is 5.72. The van der Waals surface area contributed by atoms with Crippen molar-refractivity contribution in [2.75, 3.05) is 19.8 Å². The SMILES string of the molecule is CC(C)C[C@H](NC(=O)CNC(=O)C1CCCOC1)C(=O)O. The van der Waals surface area contributed by atoms with Crippen LogP contribution in [-0.4, -0.2) is 48.7 Å². The Morgan fingerprint density at radius 3 is 2.57 bits per heavy atom. The summed E-state index contributed by atoms with van der Waals surface area (Å²) < 4.78 is 5.21. The van der Waals surface area contributed by atoms with Crippen LogP contribution in [0.3, 0.4) is 0 Å². The topological polar surface area (TPSA) is 105 Å². The minimum Gasteiger partial charge on any atom is -0.480 e. The molecule has 0 aromatic rings. The molecule has 1 aliphatic heterocycles. The van der Waals surface area contributed by atoms with Crippen molar-refractivity contribution in [3.63, 3.8) is 0 Å². The number of carboxylic acids is 1. The van der Waals surface area contributed by atoms with Crippen LogP contribution in [0.4, 0.5) is 0 Å². The van der Waals surface area contributed by atoms with Gasteiger partial charge in [-0.3, -0.25) is 9.59 Å². The van der Waals surface area contributed by atoms with Crippen LogP contribution >= 0.6 is 0 Å². The summed E-state index contributed by atoms with van der Waals surface area (Å²) in [6.07, 6.45) is 1.93. The third kappa shape index (κ3) is 6.57. The van der Waals surface area contributed by atoms with Gasteiger partial charge in [-0.1, -0.05) is 13.8 Å². The summed E-state index contributed by atoms with van der Waals surface area (Å²) in [7, 11) is 0. The smallest absolute Gasteiger partial charge is 0.326 e. The Hall–Kier alpha value is -1.63. The van der Waals surface area contributed by atoms with Crippen LogP contribution in [-0.2, 0) is 19.1 Å². The number of hydrogen-bond donors (Lipinski definition) is 3. The highest BCUT2D eigenvalue weighted by Gasteiger charge is 2.24. The summed E-state index contributed by atoms with van der Waals surface area (Å²) in [5.41, 5.74) is 0. The number of carbonyl (C=O) groups is 3. The number of carbonyl (C=O) groups excluding carboxylic acids is 2. The fraction of sp³-hybridized carbons (Fsp3) is 0.786. The highest BCUT2D eigenvalue weighted by molar-refractivity contribution is 5.88. The lowest BCUT2D eigenvalue weighted by molar-refractivity contribution is -0.142. The minimum absolute atomic E-state index is 0.153. The molecule has 2 atom stereocenters. The van der Waals surface area contributed by atoms with Gasteiger partial charge in [-0.05, 0) is 25.2 Å². The molecule has 1 rings (SSSR count). The molecule has 0 aliphatic carbocycles. The van der Waals surface area contributed by atoms with Gasteiger partial charge in [-0.2, -0.15) is 0 Å². The molecule has 0 spiro atoms. The molecule has 0 bridgehead atoms. The van der Waals surface area contributed by atoms with E-state index in [4.69, 9.17) is 9.84 Å². The summed E-state index contributed by atoms with van der Waals surface area (Å²) in [6, 6.07) is -0.924. The van der Waals surface area contributed by atoms with E-state index in [2.05, 4.69) is 10.6 Å². The van der Waals surface area contributed by atoms with Crippen LogP contribution in [0.25, 0.3) is 0 Å². The highest BCUT2D eigenvalue weighted by Crippen LogP contribution is 2.13. The van der Waals surface area contributed by atoms with Gasteiger partial charge in [-0.15, -0.1) is 0 Å². The molecule has 3 N–H and O–H groups in total. The Morgan fingerprint density at radius 2 is 2.05 bits per heavy atom. The van der Waals surface area contributed by atoms with E-state index in [0.717, 1.165) is 12.8 Å². The lowest BCUT2D eigenvalue weighted by atomic mass is 10.0. The molecule has 0 saturated carbocycles. The number of rotatable bonds is 7. The van der Waals surface area contributed by atoms with Crippen LogP contribution < -0.4 is 10.6 Å². The zero-order valence-electron chi connectivity index (χ0n) is 12.6. The Kier molecular flexibility index (Phi) is 7.14. The third-order valence-electron chi connectivity index (χ3n) is 3.29. The minimum atomic E-state index is -1.07. The van der Waals surface area contributed by atoms with E-state index >= 15 is 0 Å². The maximum absolute atomic E-state index is 11.8. The van der Waals surface area contributed by atoms with Gasteiger partial charge < -0.3 is 20.5 Å². The first kappa shape index (κ1) is 17.4. The molecule has 1 saturated heterocycles. The molecule has 7 nitrogen and oxygen atoms in total. The molecule has 0 aromatic carbocycles. The number of carboxylic acid groups (broad SMARTS) is 1. The van der Waals surface area contributed by atoms with Gasteiger partial charge in [0.25, 0.3) is 0 Å². The van der Waals surface area contributed by atoms with Gasteiger partial charge in [0, 0.05) is 6.61 Å². The molecular formula is C14H24N2O5. The van der Waals surface area contributed by atoms with Gasteiger partial charge in [0.2, 0.25) is 11.8 Å². The predicted octanol–water partition coefficient (Wildman–Crippen LogP) is 0.145. The van der Waals surface area contributed by atoms with Crippen LogP contribution in [0.1, 0.15) is 33.1 Å². The average Bonchev–Trinajstić information content (AvgIpc) is 2.44. The number of amides is 2. The Labute approximate surface area is 124 Å². The molecule has 7 heteroatoms. The van der Waals surface area contributed by atoms with Crippen molar-refractivity contribution in [1.29, 1.82) is 0 Å². The van der Waals surface area contributed by atoms with E-state index in [1.165, 1.54) is 0 Å². The number of nitrogens with one attached hydrogen (secondary N) is 2. The van der Waals surface area contributed by atoms with Gasteiger partial charge in [0.1, 0.15) is 6.04 Å². The van der Waals surface area contributed by atoms with Crippen LogP contribution in [0.15, 0.2) is 0 Å². The van der Waals surface area contributed by atoms with Crippen LogP contribution in [0, 0.1) is 11.8 Å². The van der Waals surface area contributed by atoms with E-state index in [1.54, 1.807) is 0 Å². The summed E-state index contributed by atoms with van der Waals surface area (Å²) >= 11 is 0. The Bertz CT molecular complexity index is 378. The van der Waals surface area contributed by atoms with Crippen LogP contribution in [0.5, 0.6) is 0 Å². The molecular weight excluding hydrogens is 276 g/mol. The second kappa shape index (κ2) is 8.61. The predicted molar refractivity (Wildman–Crippen MR) is 75.6 cm³/mol. The number of hydrogen-bond acceptors (Lipinski definition) is 4. The quantitative estimate of drug-likeness (QED) is 0.620. The monoisotopic (exact) mass is 300 g/mol. The molecule has 0 radical (unpaired) electrons. The van der Waals surface area contributed by atoms with Crippen LogP contribution in [0.2, 0.25) is 0 Å². The summed E-state index contributed by atoms with van der Waals surface area (Å²) in [5, 5.41) is 14.0. The standard InChI is InChI=1S/C14H24N2O5/c1-9(2)6-11(14(19)20)16-12(17)7-15-13(18)10-4-3-5-21-8-10/h9-11H,3-8H2,1-2H3,(H,15,18)(H,16,17)(H,19,20)/t10?,11-/m0/s1. The molecule has 2 amide bonds. The van der Waals surface area contributed by atoms with Gasteiger partial charge in [0.05, 0.1) is 19.1 Å². The van der Waals surface area contributed by atoms with Crippen molar-refractivity contribution in [3.05, 3.63) is 0 Å². The number of ether oxygens (including phenoxy) is 1. The third-order valence-corrected chi connectivity index (χ3v) is 3.29. The lowest BCUT2D eigenvalue weighted by Crippen LogP contribution is -2.47. The van der Waals surface area contributed by atoms with Gasteiger partial charge in [0.15, 0.2) is 0 Å². The van der Waals surface area contributed by atoms with E-state index in [1.807, 2.05) is 13.8 Å². The van der Waals surface area contributed by atoms with Crippen molar-refractivity contribution < 1.29 is 24.2 Å². The molecule has 1 aliphatic rings. The largest absolute Gasteiger partial charge is 0.480 e. The maximum atomic E-state index is 11.8. The van der Waals surface area contributed by atoms with Crippen molar-refractivity contribution >= 4 is 17.8 Å². The Morgan fingerprint density at radius 1 is 1.33 bits per heavy atom. The fourth-order valence-corrected chi connectivity index (χ4v) is 2.20. The molecule has 0 aromatic heterocycles. The number of aliphatic carboxylic acids is 1. The lowest BCUT2D eigenvalue weighted by Gasteiger charge is -2.21. The molecule has 21 heavy (non-hydrogen) atoms.